The zero-order chi connectivity index (χ0) is 19.8. The van der Waals surface area contributed by atoms with Gasteiger partial charge in [0.1, 0.15) is 25.3 Å². The molecule has 0 saturated carbocycles. The average molecular weight is 389 g/mol. The van der Waals surface area contributed by atoms with Crippen molar-refractivity contribution >= 4 is 17.6 Å². The van der Waals surface area contributed by atoms with Crippen LogP contribution >= 0.6 is 0 Å². The quantitative estimate of drug-likeness (QED) is 0.555. The van der Waals surface area contributed by atoms with Crippen LogP contribution in [0.4, 0.5) is 5.82 Å². The Bertz CT molecular complexity index is 931. The minimum Gasteiger partial charge on any atom is -0.356 e. The Kier molecular flexibility index (Phi) is 4.99. The molecule has 0 unspecified atom stereocenters. The summed E-state index contributed by atoms with van der Waals surface area (Å²) >= 11 is 0. The SMILES string of the molecule is Cn1c(N2CCCN3CC[N+]4=C3CC(=O)N(CCC4)CC2)cc(=O)n(C)c1=O. The van der Waals surface area contributed by atoms with E-state index < -0.39 is 0 Å². The fourth-order valence-electron chi connectivity index (χ4n) is 4.53. The largest absolute Gasteiger partial charge is 0.356 e. The van der Waals surface area contributed by atoms with E-state index in [1.165, 1.54) is 23.5 Å². The third-order valence-electron chi connectivity index (χ3n) is 6.21. The van der Waals surface area contributed by atoms with Crippen molar-refractivity contribution in [2.45, 2.75) is 19.3 Å². The van der Waals surface area contributed by atoms with E-state index in [0.29, 0.717) is 25.3 Å². The monoisotopic (exact) mass is 389 g/mol. The lowest BCUT2D eigenvalue weighted by Gasteiger charge is -2.30. The molecule has 2 bridgehead atoms. The van der Waals surface area contributed by atoms with Gasteiger partial charge in [0.2, 0.25) is 5.91 Å². The third-order valence-corrected chi connectivity index (χ3v) is 6.21. The second-order valence-corrected chi connectivity index (χ2v) is 7.88. The van der Waals surface area contributed by atoms with Crippen LogP contribution in [0.15, 0.2) is 15.7 Å². The normalized spacial score (nSPS) is 21.1. The Morgan fingerprint density at radius 2 is 1.50 bits per heavy atom. The summed E-state index contributed by atoms with van der Waals surface area (Å²) in [5.41, 5.74) is -0.627. The standard InChI is InChI=1S/C19H29N6O3/c1-20-15(13-17(26)21(2)19(20)28)22-5-3-6-23-9-10-24-7-4-8-25(12-11-22)18(27)14-16(23)24/h13H,3-12,14H2,1-2H3/q+1. The van der Waals surface area contributed by atoms with Crippen LogP contribution < -0.4 is 16.1 Å². The second-order valence-electron chi connectivity index (χ2n) is 7.88. The van der Waals surface area contributed by atoms with Crippen LogP contribution in [0.25, 0.3) is 0 Å². The van der Waals surface area contributed by atoms with Crippen LogP contribution in [0.2, 0.25) is 0 Å². The fourth-order valence-corrected chi connectivity index (χ4v) is 4.53. The highest BCUT2D eigenvalue weighted by atomic mass is 16.2. The highest BCUT2D eigenvalue weighted by Crippen LogP contribution is 2.16. The van der Waals surface area contributed by atoms with Gasteiger partial charge in [-0.15, -0.1) is 0 Å². The molecule has 3 aliphatic rings. The van der Waals surface area contributed by atoms with Gasteiger partial charge >= 0.3 is 5.69 Å². The highest BCUT2D eigenvalue weighted by molar-refractivity contribution is 5.98. The molecule has 1 fully saturated rings. The van der Waals surface area contributed by atoms with E-state index in [-0.39, 0.29) is 17.2 Å². The predicted octanol–water partition coefficient (Wildman–Crippen LogP) is -1.36. The molecule has 0 spiro atoms. The summed E-state index contributed by atoms with van der Waals surface area (Å²) in [6, 6.07) is 1.53. The van der Waals surface area contributed by atoms with E-state index in [9.17, 15) is 14.4 Å². The molecule has 9 heteroatoms. The molecule has 4 rings (SSSR count). The maximum Gasteiger partial charge on any atom is 0.332 e. The van der Waals surface area contributed by atoms with E-state index >= 15 is 0 Å². The van der Waals surface area contributed by atoms with Crippen molar-refractivity contribution in [3.63, 3.8) is 0 Å². The topological polar surface area (TPSA) is 73.8 Å². The van der Waals surface area contributed by atoms with Crippen LogP contribution in [-0.4, -0.2) is 87.6 Å². The van der Waals surface area contributed by atoms with Crippen molar-refractivity contribution in [2.75, 3.05) is 57.3 Å². The van der Waals surface area contributed by atoms with Crippen LogP contribution in [0.1, 0.15) is 19.3 Å². The Morgan fingerprint density at radius 1 is 0.786 bits per heavy atom. The Morgan fingerprint density at radius 3 is 2.32 bits per heavy atom. The third kappa shape index (κ3) is 3.33. The number of amides is 1. The molecule has 0 radical (unpaired) electrons. The molecule has 0 aliphatic carbocycles. The predicted molar refractivity (Wildman–Crippen MR) is 106 cm³/mol. The van der Waals surface area contributed by atoms with Crippen LogP contribution in [0, 0.1) is 0 Å². The van der Waals surface area contributed by atoms with Crippen molar-refractivity contribution < 1.29 is 9.37 Å². The molecule has 1 amide bonds. The molecule has 1 aromatic heterocycles. The lowest BCUT2D eigenvalue weighted by molar-refractivity contribution is -0.519. The maximum absolute atomic E-state index is 12.9. The van der Waals surface area contributed by atoms with E-state index in [1.54, 1.807) is 7.05 Å². The van der Waals surface area contributed by atoms with Gasteiger partial charge in [-0.2, -0.15) is 0 Å². The lowest BCUT2D eigenvalue weighted by atomic mass is 10.2. The fraction of sp³-hybridized carbons (Fsp3) is 0.684. The van der Waals surface area contributed by atoms with Crippen molar-refractivity contribution in [3.05, 3.63) is 26.9 Å². The van der Waals surface area contributed by atoms with Gasteiger partial charge in [0.15, 0.2) is 0 Å². The van der Waals surface area contributed by atoms with Crippen molar-refractivity contribution in [3.8, 4) is 0 Å². The highest BCUT2D eigenvalue weighted by Gasteiger charge is 2.35. The van der Waals surface area contributed by atoms with Crippen molar-refractivity contribution in [1.29, 1.82) is 0 Å². The number of carbonyl (C=O) groups is 1. The first-order chi connectivity index (χ1) is 13.5. The van der Waals surface area contributed by atoms with Crippen LogP contribution in [0.3, 0.4) is 0 Å². The van der Waals surface area contributed by atoms with Crippen molar-refractivity contribution in [2.24, 2.45) is 14.1 Å². The molecule has 4 heterocycles. The number of hydrogen-bond donors (Lipinski definition) is 0. The van der Waals surface area contributed by atoms with Gasteiger partial charge in [-0.3, -0.25) is 28.2 Å². The maximum atomic E-state index is 12.9. The van der Waals surface area contributed by atoms with Crippen LogP contribution in [-0.2, 0) is 18.9 Å². The molecule has 3 aliphatic heterocycles. The van der Waals surface area contributed by atoms with Gasteiger partial charge in [-0.05, 0) is 0 Å². The molecule has 152 valence electrons. The number of rotatable bonds is 1. The minimum absolute atomic E-state index is 0.173. The second kappa shape index (κ2) is 7.44. The van der Waals surface area contributed by atoms with E-state index in [4.69, 9.17) is 0 Å². The van der Waals surface area contributed by atoms with E-state index in [1.807, 2.05) is 4.90 Å². The first-order valence-electron chi connectivity index (χ1n) is 10.1. The Labute approximate surface area is 164 Å². The van der Waals surface area contributed by atoms with Crippen LogP contribution in [0.5, 0.6) is 0 Å². The van der Waals surface area contributed by atoms with E-state index in [2.05, 4.69) is 14.4 Å². The summed E-state index contributed by atoms with van der Waals surface area (Å²) in [5.74, 6) is 1.97. The molecule has 9 nitrogen and oxygen atoms in total. The number of nitrogens with zero attached hydrogens (tertiary/aromatic N) is 6. The molecular formula is C19H29N6O3+. The molecule has 0 aromatic carbocycles. The summed E-state index contributed by atoms with van der Waals surface area (Å²) in [4.78, 5) is 43.8. The van der Waals surface area contributed by atoms with Gasteiger partial charge in [-0.25, -0.2) is 4.79 Å². The van der Waals surface area contributed by atoms with Gasteiger partial charge in [0.05, 0.1) is 13.1 Å². The molecular weight excluding hydrogens is 360 g/mol. The van der Waals surface area contributed by atoms with E-state index in [0.717, 1.165) is 56.7 Å². The molecule has 1 aromatic rings. The molecule has 28 heavy (non-hydrogen) atoms. The first-order valence-corrected chi connectivity index (χ1v) is 10.1. The van der Waals surface area contributed by atoms with Gasteiger partial charge in [-0.1, -0.05) is 0 Å². The van der Waals surface area contributed by atoms with Gasteiger partial charge in [0.25, 0.3) is 11.4 Å². The van der Waals surface area contributed by atoms with Gasteiger partial charge < -0.3 is 9.80 Å². The average Bonchev–Trinajstić information content (AvgIpc) is 3.03. The van der Waals surface area contributed by atoms with Gasteiger partial charge in [0, 0.05) is 59.2 Å². The number of amidine groups is 1. The lowest BCUT2D eigenvalue weighted by Crippen LogP contribution is -2.45. The molecule has 1 saturated heterocycles. The summed E-state index contributed by atoms with van der Waals surface area (Å²) in [6.45, 7) is 6.57. The summed E-state index contributed by atoms with van der Waals surface area (Å²) < 4.78 is 5.02. The summed E-state index contributed by atoms with van der Waals surface area (Å²) in [6.07, 6.45) is 2.35. The number of carbonyl (C=O) groups excluding carboxylic acids is 1. The van der Waals surface area contributed by atoms with Crippen molar-refractivity contribution in [1.82, 2.24) is 18.9 Å². The number of aromatic nitrogens is 2. The smallest absolute Gasteiger partial charge is 0.332 e. The zero-order valence-electron chi connectivity index (χ0n) is 16.8. The number of anilines is 1. The first kappa shape index (κ1) is 18.8. The molecule has 0 atom stereocenters. The minimum atomic E-state index is -0.325. The number of hydrogen-bond acceptors (Lipinski definition) is 5. The zero-order valence-corrected chi connectivity index (χ0v) is 16.8. The summed E-state index contributed by atoms with van der Waals surface area (Å²) in [5, 5.41) is 0. The Hall–Kier alpha value is -2.58. The number of fused-ring (bicyclic) bond motifs is 2. The summed E-state index contributed by atoms with van der Waals surface area (Å²) in [7, 11) is 3.19. The molecule has 0 N–H and O–H groups in total. The Balaban J connectivity index is 1.67.